The second-order valence-electron chi connectivity index (χ2n) is 7.00. The van der Waals surface area contributed by atoms with Gasteiger partial charge < -0.3 is 10.6 Å². The van der Waals surface area contributed by atoms with E-state index in [9.17, 15) is 4.39 Å². The third kappa shape index (κ3) is 6.98. The number of guanidine groups is 1. The molecule has 2 aromatic carbocycles. The number of nitrogens with one attached hydrogen (secondary N) is 2. The van der Waals surface area contributed by atoms with Crippen molar-refractivity contribution in [3.63, 3.8) is 0 Å². The van der Waals surface area contributed by atoms with Crippen LogP contribution >= 0.6 is 24.0 Å². The summed E-state index contributed by atoms with van der Waals surface area (Å²) in [5.41, 5.74) is 3.37. The number of aliphatic imine (C=N–C) groups is 1. The van der Waals surface area contributed by atoms with Crippen LogP contribution < -0.4 is 10.6 Å². The van der Waals surface area contributed by atoms with Gasteiger partial charge in [0.2, 0.25) is 0 Å². The molecule has 0 spiro atoms. The van der Waals surface area contributed by atoms with Gasteiger partial charge in [-0.1, -0.05) is 24.3 Å². The Morgan fingerprint density at radius 3 is 2.38 bits per heavy atom. The molecule has 7 heteroatoms. The number of hydrogen-bond acceptors (Lipinski definition) is 3. The number of nitriles is 1. The Labute approximate surface area is 189 Å². The first kappa shape index (κ1) is 23.1. The fourth-order valence-corrected chi connectivity index (χ4v) is 3.33. The van der Waals surface area contributed by atoms with Crippen LogP contribution in [0.15, 0.2) is 47.5 Å². The molecule has 1 fully saturated rings. The van der Waals surface area contributed by atoms with E-state index >= 15 is 0 Å². The molecule has 1 saturated heterocycles. The summed E-state index contributed by atoms with van der Waals surface area (Å²) in [6.07, 6.45) is 2.61. The van der Waals surface area contributed by atoms with Gasteiger partial charge in [-0.25, -0.2) is 4.39 Å². The highest BCUT2D eigenvalue weighted by Crippen LogP contribution is 2.13. The van der Waals surface area contributed by atoms with Crippen molar-refractivity contribution >= 4 is 29.9 Å². The van der Waals surface area contributed by atoms with E-state index in [-0.39, 0.29) is 36.3 Å². The Morgan fingerprint density at radius 1 is 1.07 bits per heavy atom. The van der Waals surface area contributed by atoms with Crippen molar-refractivity contribution in [2.75, 3.05) is 20.1 Å². The van der Waals surface area contributed by atoms with Gasteiger partial charge in [-0.15, -0.1) is 24.0 Å². The normalized spacial score (nSPS) is 14.2. The van der Waals surface area contributed by atoms with Crippen molar-refractivity contribution in [2.45, 2.75) is 32.5 Å². The highest BCUT2D eigenvalue weighted by atomic mass is 127. The Bertz CT molecular complexity index is 854. The summed E-state index contributed by atoms with van der Waals surface area (Å²) >= 11 is 0. The molecule has 29 heavy (non-hydrogen) atoms. The van der Waals surface area contributed by atoms with Gasteiger partial charge in [-0.05, 0) is 55.3 Å². The molecule has 154 valence electrons. The summed E-state index contributed by atoms with van der Waals surface area (Å²) in [5.74, 6) is 0.249. The van der Waals surface area contributed by atoms with Crippen molar-refractivity contribution in [2.24, 2.45) is 4.99 Å². The van der Waals surface area contributed by atoms with Crippen molar-refractivity contribution in [3.05, 3.63) is 70.5 Å². The van der Waals surface area contributed by atoms with Crippen molar-refractivity contribution in [3.8, 4) is 6.07 Å². The van der Waals surface area contributed by atoms with Gasteiger partial charge in [0.25, 0.3) is 0 Å². The van der Waals surface area contributed by atoms with Crippen LogP contribution in [0.2, 0.25) is 0 Å². The van der Waals surface area contributed by atoms with Gasteiger partial charge in [-0.3, -0.25) is 9.89 Å². The number of rotatable bonds is 6. The Balaban J connectivity index is 0.00000300. The van der Waals surface area contributed by atoms with E-state index in [2.05, 4.69) is 44.8 Å². The van der Waals surface area contributed by atoms with Crippen LogP contribution in [0, 0.1) is 17.1 Å². The molecule has 3 rings (SSSR count). The van der Waals surface area contributed by atoms with Gasteiger partial charge in [0, 0.05) is 32.2 Å². The van der Waals surface area contributed by atoms with Crippen LogP contribution in [0.5, 0.6) is 0 Å². The first-order valence-electron chi connectivity index (χ1n) is 9.61. The Morgan fingerprint density at radius 2 is 1.72 bits per heavy atom. The largest absolute Gasteiger partial charge is 0.352 e. The highest BCUT2D eigenvalue weighted by Gasteiger charge is 2.11. The molecule has 2 N–H and O–H groups in total. The maximum Gasteiger partial charge on any atom is 0.191 e. The molecular weight excluding hydrogens is 480 g/mol. The van der Waals surface area contributed by atoms with E-state index in [0.29, 0.717) is 23.6 Å². The highest BCUT2D eigenvalue weighted by molar-refractivity contribution is 14.0. The fourth-order valence-electron chi connectivity index (χ4n) is 3.33. The van der Waals surface area contributed by atoms with Crippen molar-refractivity contribution < 1.29 is 4.39 Å². The SMILES string of the molecule is CN=C(NCc1ccc(CN2CCCC2)cc1)NCc1cc(C#N)ccc1F.I. The van der Waals surface area contributed by atoms with E-state index in [0.717, 1.165) is 12.1 Å². The van der Waals surface area contributed by atoms with E-state index in [1.807, 2.05) is 6.07 Å². The minimum absolute atomic E-state index is 0. The summed E-state index contributed by atoms with van der Waals surface area (Å²) in [6.45, 7) is 4.30. The smallest absolute Gasteiger partial charge is 0.191 e. The summed E-state index contributed by atoms with van der Waals surface area (Å²) in [6, 6.07) is 15.0. The summed E-state index contributed by atoms with van der Waals surface area (Å²) in [5, 5.41) is 15.3. The van der Waals surface area contributed by atoms with Crippen LogP contribution in [-0.2, 0) is 19.6 Å². The molecule has 0 atom stereocenters. The van der Waals surface area contributed by atoms with Crippen LogP contribution in [0.1, 0.15) is 35.1 Å². The number of nitrogens with zero attached hydrogens (tertiary/aromatic N) is 3. The van der Waals surface area contributed by atoms with Crippen LogP contribution in [0.4, 0.5) is 4.39 Å². The van der Waals surface area contributed by atoms with E-state index in [4.69, 9.17) is 5.26 Å². The molecule has 1 heterocycles. The lowest BCUT2D eigenvalue weighted by molar-refractivity contribution is 0.331. The lowest BCUT2D eigenvalue weighted by Crippen LogP contribution is -2.36. The first-order chi connectivity index (χ1) is 13.7. The molecule has 0 aromatic heterocycles. The van der Waals surface area contributed by atoms with Crippen molar-refractivity contribution in [1.29, 1.82) is 5.26 Å². The molecule has 0 amide bonds. The van der Waals surface area contributed by atoms with Crippen LogP contribution in [0.3, 0.4) is 0 Å². The fraction of sp³-hybridized carbons (Fsp3) is 0.364. The van der Waals surface area contributed by atoms with Gasteiger partial charge in [0.15, 0.2) is 5.96 Å². The molecule has 0 saturated carbocycles. The quantitative estimate of drug-likeness (QED) is 0.355. The molecule has 0 aliphatic carbocycles. The van der Waals surface area contributed by atoms with Crippen LogP contribution in [-0.4, -0.2) is 31.0 Å². The zero-order valence-electron chi connectivity index (χ0n) is 16.6. The molecule has 5 nitrogen and oxygen atoms in total. The lowest BCUT2D eigenvalue weighted by atomic mass is 10.1. The molecule has 1 aliphatic heterocycles. The van der Waals surface area contributed by atoms with Gasteiger partial charge >= 0.3 is 0 Å². The maximum absolute atomic E-state index is 13.9. The summed E-state index contributed by atoms with van der Waals surface area (Å²) < 4.78 is 13.9. The second-order valence-corrected chi connectivity index (χ2v) is 7.00. The summed E-state index contributed by atoms with van der Waals surface area (Å²) in [4.78, 5) is 6.66. The average Bonchev–Trinajstić information content (AvgIpc) is 3.23. The third-order valence-electron chi connectivity index (χ3n) is 4.93. The van der Waals surface area contributed by atoms with Gasteiger partial charge in [-0.2, -0.15) is 5.26 Å². The number of hydrogen-bond donors (Lipinski definition) is 2. The minimum Gasteiger partial charge on any atom is -0.352 e. The predicted molar refractivity (Wildman–Crippen MR) is 125 cm³/mol. The van der Waals surface area contributed by atoms with E-state index in [1.54, 1.807) is 13.1 Å². The lowest BCUT2D eigenvalue weighted by Gasteiger charge is -2.15. The molecule has 1 aliphatic rings. The Kier molecular flexibility index (Phi) is 9.35. The van der Waals surface area contributed by atoms with Gasteiger partial charge in [0.1, 0.15) is 5.82 Å². The minimum atomic E-state index is -0.337. The average molecular weight is 507 g/mol. The molecule has 0 radical (unpaired) electrons. The Hall–Kier alpha value is -2.18. The van der Waals surface area contributed by atoms with Crippen LogP contribution in [0.25, 0.3) is 0 Å². The molecule has 0 unspecified atom stereocenters. The second kappa shape index (κ2) is 11.7. The molecule has 2 aromatic rings. The number of benzene rings is 2. The van der Waals surface area contributed by atoms with Crippen molar-refractivity contribution in [1.82, 2.24) is 15.5 Å². The molecule has 0 bridgehead atoms. The topological polar surface area (TPSA) is 63.5 Å². The maximum atomic E-state index is 13.9. The number of halogens is 2. The standard InChI is InChI=1S/C22H26FN5.HI/c1-25-22(27-15-20-12-19(13-24)8-9-21(20)23)26-14-17-4-6-18(7-5-17)16-28-10-2-3-11-28;/h4-9,12H,2-3,10-11,14-16H2,1H3,(H2,25,26,27);1H. The zero-order valence-corrected chi connectivity index (χ0v) is 18.9. The zero-order chi connectivity index (χ0) is 19.8. The van der Waals surface area contributed by atoms with E-state index in [1.165, 1.54) is 43.6 Å². The predicted octanol–water partition coefficient (Wildman–Crippen LogP) is 3.78. The molecular formula is C22H27FIN5. The monoisotopic (exact) mass is 507 g/mol. The number of likely N-dealkylation sites (tertiary alicyclic amines) is 1. The van der Waals surface area contributed by atoms with Gasteiger partial charge in [0.05, 0.1) is 11.6 Å². The summed E-state index contributed by atoms with van der Waals surface area (Å²) in [7, 11) is 1.68. The van der Waals surface area contributed by atoms with E-state index < -0.39 is 0 Å². The first-order valence-corrected chi connectivity index (χ1v) is 9.61. The third-order valence-corrected chi connectivity index (χ3v) is 4.93.